The summed E-state index contributed by atoms with van der Waals surface area (Å²) in [6.45, 7) is 2.41. The van der Waals surface area contributed by atoms with Crippen molar-refractivity contribution in [3.63, 3.8) is 0 Å². The number of rotatable bonds is 4. The molecule has 1 aromatic carbocycles. The zero-order valence-corrected chi connectivity index (χ0v) is 16.3. The molecule has 1 aliphatic heterocycles. The van der Waals surface area contributed by atoms with Crippen LogP contribution in [-0.4, -0.2) is 40.4 Å². The molecular formula is C18H20ClN5O2S. The Bertz CT molecular complexity index is 903. The number of hydrogen-bond acceptors (Lipinski definition) is 6. The molecule has 3 aromatic rings. The Morgan fingerprint density at radius 1 is 1.37 bits per heavy atom. The number of carbonyl (C=O) groups is 1. The minimum Gasteiger partial charge on any atom is -0.371 e. The summed E-state index contributed by atoms with van der Waals surface area (Å²) in [5.74, 6) is -0.222. The Morgan fingerprint density at radius 2 is 2.19 bits per heavy atom. The summed E-state index contributed by atoms with van der Waals surface area (Å²) in [4.78, 5) is 16.8. The Kier molecular flexibility index (Phi) is 6.22. The van der Waals surface area contributed by atoms with Crippen molar-refractivity contribution in [1.29, 1.82) is 0 Å². The summed E-state index contributed by atoms with van der Waals surface area (Å²) in [7, 11) is 1.85. The molecule has 9 heteroatoms. The number of benzene rings is 1. The van der Waals surface area contributed by atoms with Gasteiger partial charge in [-0.25, -0.2) is 4.98 Å². The van der Waals surface area contributed by atoms with E-state index in [-0.39, 0.29) is 24.4 Å². The van der Waals surface area contributed by atoms with Gasteiger partial charge in [0.25, 0.3) is 5.91 Å². The lowest BCUT2D eigenvalue weighted by molar-refractivity contribution is 0.0277. The summed E-state index contributed by atoms with van der Waals surface area (Å²) in [5, 5.41) is 12.9. The van der Waals surface area contributed by atoms with Crippen molar-refractivity contribution in [2.45, 2.75) is 6.10 Å². The van der Waals surface area contributed by atoms with E-state index in [1.54, 1.807) is 16.3 Å². The molecule has 0 aliphatic carbocycles. The van der Waals surface area contributed by atoms with Crippen LogP contribution in [0.15, 0.2) is 42.0 Å². The molecule has 1 amide bonds. The van der Waals surface area contributed by atoms with E-state index in [4.69, 9.17) is 4.74 Å². The van der Waals surface area contributed by atoms with Gasteiger partial charge in [0.05, 0.1) is 18.9 Å². The number of carbonyl (C=O) groups excluding carboxylic acids is 1. The molecule has 4 rings (SSSR count). The van der Waals surface area contributed by atoms with Crippen LogP contribution in [0.4, 0.5) is 5.69 Å². The molecule has 2 aromatic heterocycles. The molecule has 0 spiro atoms. The van der Waals surface area contributed by atoms with E-state index >= 15 is 0 Å². The Morgan fingerprint density at radius 3 is 2.85 bits per heavy atom. The first-order chi connectivity index (χ1) is 12.7. The van der Waals surface area contributed by atoms with E-state index in [0.717, 1.165) is 34.9 Å². The third kappa shape index (κ3) is 4.54. The first-order valence-corrected chi connectivity index (χ1v) is 9.25. The highest BCUT2D eigenvalue weighted by Crippen LogP contribution is 2.24. The molecule has 1 unspecified atom stereocenters. The number of morpholine rings is 1. The molecule has 1 atom stereocenters. The van der Waals surface area contributed by atoms with Gasteiger partial charge in [-0.2, -0.15) is 5.10 Å². The van der Waals surface area contributed by atoms with E-state index in [0.29, 0.717) is 12.3 Å². The number of hydrogen-bond donors (Lipinski definition) is 2. The quantitative estimate of drug-likeness (QED) is 0.697. The topological polar surface area (TPSA) is 81.1 Å². The minimum atomic E-state index is -0.222. The van der Waals surface area contributed by atoms with Crippen LogP contribution in [0.1, 0.15) is 22.2 Å². The average Bonchev–Trinajstić information content (AvgIpc) is 3.32. The number of aromatic nitrogens is 3. The second-order valence-electron chi connectivity index (χ2n) is 6.08. The van der Waals surface area contributed by atoms with Crippen molar-refractivity contribution in [1.82, 2.24) is 20.1 Å². The minimum absolute atomic E-state index is 0. The summed E-state index contributed by atoms with van der Waals surface area (Å²) in [6.07, 6.45) is 3.68. The van der Waals surface area contributed by atoms with E-state index in [1.807, 2.05) is 37.5 Å². The highest BCUT2D eigenvalue weighted by Gasteiger charge is 2.16. The smallest absolute Gasteiger partial charge is 0.275 e. The maximum atomic E-state index is 12.4. The van der Waals surface area contributed by atoms with Gasteiger partial charge in [0.15, 0.2) is 0 Å². The predicted molar refractivity (Wildman–Crippen MR) is 108 cm³/mol. The third-order valence-electron chi connectivity index (χ3n) is 4.16. The molecule has 7 nitrogen and oxygen atoms in total. The van der Waals surface area contributed by atoms with Crippen molar-refractivity contribution in [2.24, 2.45) is 7.05 Å². The number of anilines is 1. The lowest BCUT2D eigenvalue weighted by Gasteiger charge is -2.24. The van der Waals surface area contributed by atoms with Crippen LogP contribution in [0.5, 0.6) is 0 Å². The van der Waals surface area contributed by atoms with Gasteiger partial charge in [-0.1, -0.05) is 12.1 Å². The van der Waals surface area contributed by atoms with Gasteiger partial charge >= 0.3 is 0 Å². The number of thiazole rings is 1. The maximum Gasteiger partial charge on any atom is 0.275 e. The Balaban J connectivity index is 0.00000210. The third-order valence-corrected chi connectivity index (χ3v) is 5.05. The van der Waals surface area contributed by atoms with Gasteiger partial charge in [-0.3, -0.25) is 9.48 Å². The fourth-order valence-electron chi connectivity index (χ4n) is 2.80. The molecule has 0 bridgehead atoms. The molecule has 1 fully saturated rings. The standard InChI is InChI=1S/C18H19N5O2S.ClH/c1-23-10-13(8-20-23)18-22-15(11-26-18)17(24)21-14-4-2-12(3-5-14)16-9-19-6-7-25-16;/h2-5,8,10-11,16,19H,6-7,9H2,1H3,(H,21,24);1H. The van der Waals surface area contributed by atoms with E-state index in [9.17, 15) is 4.79 Å². The molecule has 0 saturated carbocycles. The van der Waals surface area contributed by atoms with Crippen LogP contribution >= 0.6 is 23.7 Å². The lowest BCUT2D eigenvalue weighted by atomic mass is 10.1. The summed E-state index contributed by atoms with van der Waals surface area (Å²) in [5.41, 5.74) is 3.14. The van der Waals surface area contributed by atoms with Crippen LogP contribution in [0.25, 0.3) is 10.6 Å². The van der Waals surface area contributed by atoms with Crippen molar-refractivity contribution >= 4 is 35.3 Å². The molecule has 1 aliphatic rings. The molecule has 1 saturated heterocycles. The second-order valence-corrected chi connectivity index (χ2v) is 6.94. The number of amides is 1. The second kappa shape index (κ2) is 8.62. The molecule has 0 radical (unpaired) electrons. The maximum absolute atomic E-state index is 12.4. The molecule has 3 heterocycles. The van der Waals surface area contributed by atoms with Gasteiger partial charge in [-0.15, -0.1) is 23.7 Å². The largest absolute Gasteiger partial charge is 0.371 e. The zero-order chi connectivity index (χ0) is 17.9. The van der Waals surface area contributed by atoms with Crippen molar-refractivity contribution in [3.8, 4) is 10.6 Å². The van der Waals surface area contributed by atoms with Gasteiger partial charge in [-0.05, 0) is 17.7 Å². The first-order valence-electron chi connectivity index (χ1n) is 8.37. The SMILES string of the molecule is Cl.Cn1cc(-c2nc(C(=O)Nc3ccc(C4CNCCO4)cc3)cs2)cn1. The van der Waals surface area contributed by atoms with Crippen LogP contribution in [0.3, 0.4) is 0 Å². The fourth-order valence-corrected chi connectivity index (χ4v) is 3.57. The lowest BCUT2D eigenvalue weighted by Crippen LogP contribution is -2.33. The van der Waals surface area contributed by atoms with E-state index in [2.05, 4.69) is 20.7 Å². The van der Waals surface area contributed by atoms with Crippen LogP contribution in [-0.2, 0) is 11.8 Å². The predicted octanol–water partition coefficient (Wildman–Crippen LogP) is 2.88. The summed E-state index contributed by atoms with van der Waals surface area (Å²) in [6, 6.07) is 7.74. The average molecular weight is 406 g/mol. The van der Waals surface area contributed by atoms with Crippen LogP contribution in [0.2, 0.25) is 0 Å². The van der Waals surface area contributed by atoms with Crippen molar-refractivity contribution in [2.75, 3.05) is 25.0 Å². The zero-order valence-electron chi connectivity index (χ0n) is 14.7. The molecule has 27 heavy (non-hydrogen) atoms. The first kappa shape index (κ1) is 19.5. The fraction of sp³-hybridized carbons (Fsp3) is 0.278. The van der Waals surface area contributed by atoms with Crippen molar-refractivity contribution in [3.05, 3.63) is 53.3 Å². The van der Waals surface area contributed by atoms with Crippen molar-refractivity contribution < 1.29 is 9.53 Å². The van der Waals surface area contributed by atoms with E-state index in [1.165, 1.54) is 11.3 Å². The normalized spacial score (nSPS) is 16.6. The monoisotopic (exact) mass is 405 g/mol. The molecule has 2 N–H and O–H groups in total. The van der Waals surface area contributed by atoms with Gasteiger partial charge < -0.3 is 15.4 Å². The van der Waals surface area contributed by atoms with Gasteiger partial charge in [0.2, 0.25) is 0 Å². The highest BCUT2D eigenvalue weighted by atomic mass is 35.5. The van der Waals surface area contributed by atoms with Crippen LogP contribution < -0.4 is 10.6 Å². The van der Waals surface area contributed by atoms with Crippen LogP contribution in [0, 0.1) is 0 Å². The Hall–Kier alpha value is -2.26. The number of ether oxygens (including phenoxy) is 1. The highest BCUT2D eigenvalue weighted by molar-refractivity contribution is 7.13. The van der Waals surface area contributed by atoms with E-state index < -0.39 is 0 Å². The number of halogens is 1. The molecular weight excluding hydrogens is 386 g/mol. The van der Waals surface area contributed by atoms with Gasteiger partial charge in [0.1, 0.15) is 10.7 Å². The van der Waals surface area contributed by atoms with Gasteiger partial charge in [0, 0.05) is 43.0 Å². The summed E-state index contributed by atoms with van der Waals surface area (Å²) >= 11 is 1.43. The summed E-state index contributed by atoms with van der Waals surface area (Å²) < 4.78 is 7.45. The number of nitrogens with zero attached hydrogens (tertiary/aromatic N) is 3. The Labute approximate surface area is 167 Å². The number of nitrogens with one attached hydrogen (secondary N) is 2. The number of aryl methyl sites for hydroxylation is 1. The molecule has 142 valence electrons.